The molecule has 0 aliphatic carbocycles. The average molecular weight is 296 g/mol. The van der Waals surface area contributed by atoms with Gasteiger partial charge in [0.1, 0.15) is 5.56 Å². The Morgan fingerprint density at radius 2 is 2.06 bits per heavy atom. The average Bonchev–Trinajstić information content (AvgIpc) is 2.26. The topological polar surface area (TPSA) is 59.3 Å². The summed E-state index contributed by atoms with van der Waals surface area (Å²) >= 11 is 3.39. The van der Waals surface area contributed by atoms with Crippen molar-refractivity contribution in [3.63, 3.8) is 0 Å². The third-order valence-electron chi connectivity index (χ3n) is 2.76. The van der Waals surface area contributed by atoms with E-state index < -0.39 is 11.4 Å². The monoisotopic (exact) mass is 295 g/mol. The third-order valence-corrected chi connectivity index (χ3v) is 3.62. The van der Waals surface area contributed by atoms with E-state index in [1.165, 1.54) is 6.20 Å². The first-order valence-corrected chi connectivity index (χ1v) is 5.74. The second kappa shape index (κ2) is 4.00. The predicted molar refractivity (Wildman–Crippen MR) is 68.6 cm³/mol. The lowest BCUT2D eigenvalue weighted by atomic mass is 10.1. The highest BCUT2D eigenvalue weighted by Crippen LogP contribution is 2.23. The highest BCUT2D eigenvalue weighted by molar-refractivity contribution is 9.10. The number of carboxylic acid groups (broad SMARTS) is 1. The molecule has 0 radical (unpaired) electrons. The first-order chi connectivity index (χ1) is 7.93. The first-order valence-electron chi connectivity index (χ1n) is 4.95. The molecule has 0 atom stereocenters. The maximum atomic E-state index is 12.0. The van der Waals surface area contributed by atoms with Gasteiger partial charge in [-0.1, -0.05) is 15.9 Å². The summed E-state index contributed by atoms with van der Waals surface area (Å²) in [6, 6.07) is 3.39. The molecule has 2 rings (SSSR count). The summed E-state index contributed by atoms with van der Waals surface area (Å²) in [6.07, 6.45) is 1.35. The molecule has 1 aromatic heterocycles. The minimum absolute atomic E-state index is 0.207. The van der Waals surface area contributed by atoms with Gasteiger partial charge < -0.3 is 9.67 Å². The van der Waals surface area contributed by atoms with Crippen LogP contribution in [-0.4, -0.2) is 15.6 Å². The van der Waals surface area contributed by atoms with Crippen LogP contribution in [-0.2, 0) is 7.05 Å². The summed E-state index contributed by atoms with van der Waals surface area (Å²) in [5, 5.41) is 9.38. The number of aromatic carboxylic acids is 1. The van der Waals surface area contributed by atoms with Crippen LogP contribution in [0.2, 0.25) is 0 Å². The van der Waals surface area contributed by atoms with Crippen molar-refractivity contribution in [1.29, 1.82) is 0 Å². The molecule has 88 valence electrons. The molecule has 0 spiro atoms. The van der Waals surface area contributed by atoms with Gasteiger partial charge in [0.25, 0.3) is 0 Å². The molecule has 1 heterocycles. The number of hydrogen-bond acceptors (Lipinski definition) is 2. The van der Waals surface area contributed by atoms with Gasteiger partial charge in [0.05, 0.1) is 5.52 Å². The fraction of sp³-hybridized carbons (Fsp3) is 0.167. The molecule has 17 heavy (non-hydrogen) atoms. The van der Waals surface area contributed by atoms with Crippen molar-refractivity contribution in [2.45, 2.75) is 6.92 Å². The Labute approximate surface area is 106 Å². The molecule has 0 fully saturated rings. The standard InChI is InChI=1S/C12H10BrNO3/c1-6-9(13)4-3-7-10(6)14(2)5-8(11(7)15)12(16)17/h3-5H,1-2H3,(H,16,17). The molecule has 1 aromatic carbocycles. The van der Waals surface area contributed by atoms with Gasteiger partial charge in [-0.2, -0.15) is 0 Å². The van der Waals surface area contributed by atoms with E-state index in [0.717, 1.165) is 15.6 Å². The summed E-state index contributed by atoms with van der Waals surface area (Å²) in [6.45, 7) is 1.88. The van der Waals surface area contributed by atoms with Crippen LogP contribution in [0.15, 0.2) is 27.6 Å². The Balaban J connectivity index is 3.03. The van der Waals surface area contributed by atoms with E-state index in [4.69, 9.17) is 5.11 Å². The molecule has 0 amide bonds. The molecule has 0 bridgehead atoms. The van der Waals surface area contributed by atoms with E-state index >= 15 is 0 Å². The van der Waals surface area contributed by atoms with Crippen molar-refractivity contribution < 1.29 is 9.90 Å². The number of rotatable bonds is 1. The number of carbonyl (C=O) groups is 1. The van der Waals surface area contributed by atoms with Crippen molar-refractivity contribution in [1.82, 2.24) is 4.57 Å². The van der Waals surface area contributed by atoms with Gasteiger partial charge >= 0.3 is 5.97 Å². The van der Waals surface area contributed by atoms with E-state index in [1.807, 2.05) is 6.92 Å². The molecule has 4 nitrogen and oxygen atoms in total. The van der Waals surface area contributed by atoms with Gasteiger partial charge in [-0.25, -0.2) is 4.79 Å². The Morgan fingerprint density at radius 3 is 2.65 bits per heavy atom. The summed E-state index contributed by atoms with van der Waals surface area (Å²) in [4.78, 5) is 22.9. The Morgan fingerprint density at radius 1 is 1.41 bits per heavy atom. The number of fused-ring (bicyclic) bond motifs is 1. The molecule has 0 aliphatic heterocycles. The number of benzene rings is 1. The molecule has 1 N–H and O–H groups in total. The molecule has 0 unspecified atom stereocenters. The fourth-order valence-corrected chi connectivity index (χ4v) is 2.25. The van der Waals surface area contributed by atoms with Gasteiger partial charge in [0.2, 0.25) is 5.43 Å². The maximum Gasteiger partial charge on any atom is 0.341 e. The zero-order chi connectivity index (χ0) is 12.7. The number of carboxylic acids is 1. The molecule has 2 aromatic rings. The van der Waals surface area contributed by atoms with E-state index in [0.29, 0.717) is 5.39 Å². The maximum absolute atomic E-state index is 12.0. The summed E-state index contributed by atoms with van der Waals surface area (Å²) < 4.78 is 2.56. The Bertz CT molecular complexity index is 688. The lowest BCUT2D eigenvalue weighted by molar-refractivity contribution is 0.0695. The number of halogens is 1. The quantitative estimate of drug-likeness (QED) is 0.878. The van der Waals surface area contributed by atoms with Crippen molar-refractivity contribution >= 4 is 32.8 Å². The van der Waals surface area contributed by atoms with E-state index in [9.17, 15) is 9.59 Å². The summed E-state index contributed by atoms with van der Waals surface area (Å²) in [5.74, 6) is -1.20. The van der Waals surface area contributed by atoms with Crippen LogP contribution in [0.5, 0.6) is 0 Å². The minimum atomic E-state index is -1.20. The fourth-order valence-electron chi connectivity index (χ4n) is 1.93. The van der Waals surface area contributed by atoms with Crippen LogP contribution < -0.4 is 5.43 Å². The van der Waals surface area contributed by atoms with Crippen LogP contribution >= 0.6 is 15.9 Å². The Hall–Kier alpha value is -1.62. The van der Waals surface area contributed by atoms with Crippen LogP contribution in [0.3, 0.4) is 0 Å². The van der Waals surface area contributed by atoms with Crippen LogP contribution in [0, 0.1) is 6.92 Å². The first kappa shape index (κ1) is 11.9. The SMILES string of the molecule is Cc1c(Br)ccc2c(=O)c(C(=O)O)cn(C)c12. The number of hydrogen-bond donors (Lipinski definition) is 1. The normalized spacial score (nSPS) is 10.8. The van der Waals surface area contributed by atoms with Gasteiger partial charge in [0.15, 0.2) is 0 Å². The van der Waals surface area contributed by atoms with E-state index in [-0.39, 0.29) is 5.56 Å². The lowest BCUT2D eigenvalue weighted by Crippen LogP contribution is -2.18. The molecule has 0 saturated heterocycles. The molecular formula is C12H10BrNO3. The van der Waals surface area contributed by atoms with Gasteiger partial charge in [-0.05, 0) is 24.6 Å². The molecule has 0 aliphatic rings. The molecular weight excluding hydrogens is 286 g/mol. The second-order valence-electron chi connectivity index (χ2n) is 3.86. The number of aromatic nitrogens is 1. The minimum Gasteiger partial charge on any atom is -0.477 e. The predicted octanol–water partition coefficient (Wildman–Crippen LogP) is 2.31. The summed E-state index contributed by atoms with van der Waals surface area (Å²) in [5.41, 5.74) is 1.01. The van der Waals surface area contributed by atoms with Gasteiger partial charge in [-0.15, -0.1) is 0 Å². The zero-order valence-corrected chi connectivity index (χ0v) is 10.9. The van der Waals surface area contributed by atoms with Crippen LogP contribution in [0.4, 0.5) is 0 Å². The molecule has 0 saturated carbocycles. The highest BCUT2D eigenvalue weighted by Gasteiger charge is 2.15. The third kappa shape index (κ3) is 1.76. The highest BCUT2D eigenvalue weighted by atomic mass is 79.9. The van der Waals surface area contributed by atoms with E-state index in [2.05, 4.69) is 15.9 Å². The number of pyridine rings is 1. The zero-order valence-electron chi connectivity index (χ0n) is 9.32. The van der Waals surface area contributed by atoms with E-state index in [1.54, 1.807) is 23.7 Å². The Kier molecular flexibility index (Phi) is 2.79. The smallest absolute Gasteiger partial charge is 0.341 e. The van der Waals surface area contributed by atoms with Crippen molar-refractivity contribution in [2.75, 3.05) is 0 Å². The van der Waals surface area contributed by atoms with Crippen LogP contribution in [0.25, 0.3) is 10.9 Å². The van der Waals surface area contributed by atoms with Crippen molar-refractivity contribution in [3.8, 4) is 0 Å². The largest absolute Gasteiger partial charge is 0.477 e. The summed E-state index contributed by atoms with van der Waals surface area (Å²) in [7, 11) is 1.73. The van der Waals surface area contributed by atoms with Crippen molar-refractivity contribution in [2.24, 2.45) is 7.05 Å². The number of aryl methyl sites for hydroxylation is 2. The molecule has 5 heteroatoms. The number of nitrogens with zero attached hydrogens (tertiary/aromatic N) is 1. The van der Waals surface area contributed by atoms with Crippen LogP contribution in [0.1, 0.15) is 15.9 Å². The lowest BCUT2D eigenvalue weighted by Gasteiger charge is -2.10. The second-order valence-corrected chi connectivity index (χ2v) is 4.71. The van der Waals surface area contributed by atoms with Gasteiger partial charge in [0, 0.05) is 23.1 Å². The van der Waals surface area contributed by atoms with Gasteiger partial charge in [-0.3, -0.25) is 4.79 Å². The van der Waals surface area contributed by atoms with Crippen molar-refractivity contribution in [3.05, 3.63) is 44.2 Å².